The molecule has 4 heteroatoms. The summed E-state index contributed by atoms with van der Waals surface area (Å²) >= 11 is 13.3. The van der Waals surface area contributed by atoms with Crippen molar-refractivity contribution >= 4 is 34.2 Å². The Hall–Kier alpha value is -0.0231. The van der Waals surface area contributed by atoms with Crippen molar-refractivity contribution < 1.29 is 0 Å². The quantitative estimate of drug-likeness (QED) is 0.601. The van der Waals surface area contributed by atoms with Crippen LogP contribution in [0.3, 0.4) is 0 Å². The molecular weight excluding hydrogens is 257 g/mol. The number of hydrogen-bond acceptors (Lipinski definition) is 1. The highest BCUT2D eigenvalue weighted by Crippen LogP contribution is 2.25. The van der Waals surface area contributed by atoms with E-state index in [4.69, 9.17) is 22.2 Å². The SMILES string of the molecule is CC(C)N(C(C)C)[Si](Cl)(Cl)c1ccccc1. The second-order valence-corrected chi connectivity index (χ2v) is 10.5. The lowest BCUT2D eigenvalue weighted by molar-refractivity contribution is 0.309. The minimum absolute atomic E-state index is 0.349. The highest BCUT2D eigenvalue weighted by Gasteiger charge is 2.41. The second kappa shape index (κ2) is 5.54. The van der Waals surface area contributed by atoms with Gasteiger partial charge in [-0.15, -0.1) is 22.2 Å². The first-order valence-corrected chi connectivity index (χ1v) is 9.56. The van der Waals surface area contributed by atoms with Crippen LogP contribution in [0.2, 0.25) is 0 Å². The van der Waals surface area contributed by atoms with Gasteiger partial charge in [-0.05, 0) is 5.19 Å². The lowest BCUT2D eigenvalue weighted by Gasteiger charge is -2.39. The fourth-order valence-electron chi connectivity index (χ4n) is 2.03. The standard InChI is InChI=1S/C12H19Cl2NSi/c1-10(2)15(11(3)4)16(13,14)12-8-6-5-7-9-12/h5-11H,1-4H3. The van der Waals surface area contributed by atoms with Crippen LogP contribution >= 0.6 is 22.2 Å². The molecule has 0 spiro atoms. The molecule has 90 valence electrons. The zero-order valence-electron chi connectivity index (χ0n) is 10.2. The molecule has 0 aliphatic heterocycles. The Labute approximate surface area is 109 Å². The molecule has 1 aromatic rings. The fraction of sp³-hybridized carbons (Fsp3) is 0.500. The van der Waals surface area contributed by atoms with Gasteiger partial charge in [0.15, 0.2) is 0 Å². The van der Waals surface area contributed by atoms with Gasteiger partial charge in [-0.3, -0.25) is 4.57 Å². The van der Waals surface area contributed by atoms with Gasteiger partial charge in [0.1, 0.15) is 0 Å². The molecule has 0 radical (unpaired) electrons. The maximum Gasteiger partial charge on any atom is 0.357 e. The second-order valence-electron chi connectivity index (χ2n) is 4.50. The van der Waals surface area contributed by atoms with Crippen LogP contribution in [0.5, 0.6) is 0 Å². The molecule has 0 unspecified atom stereocenters. The molecule has 0 amide bonds. The number of rotatable bonds is 4. The van der Waals surface area contributed by atoms with Crippen molar-refractivity contribution in [2.75, 3.05) is 0 Å². The van der Waals surface area contributed by atoms with Crippen LogP contribution in [0.1, 0.15) is 27.7 Å². The predicted molar refractivity (Wildman–Crippen MR) is 75.6 cm³/mol. The summed E-state index contributed by atoms with van der Waals surface area (Å²) in [4.78, 5) is 0. The zero-order chi connectivity index (χ0) is 12.3. The van der Waals surface area contributed by atoms with Crippen molar-refractivity contribution in [3.63, 3.8) is 0 Å². The first kappa shape index (κ1) is 14.0. The van der Waals surface area contributed by atoms with Gasteiger partial charge in [0.2, 0.25) is 0 Å². The summed E-state index contributed by atoms with van der Waals surface area (Å²) in [5, 5.41) is 1.06. The van der Waals surface area contributed by atoms with E-state index in [1.807, 2.05) is 30.3 Å². The van der Waals surface area contributed by atoms with Gasteiger partial charge in [-0.25, -0.2) is 0 Å². The molecule has 0 saturated heterocycles. The third kappa shape index (κ3) is 3.01. The first-order chi connectivity index (χ1) is 7.37. The molecule has 1 nitrogen and oxygen atoms in total. The minimum atomic E-state index is -2.56. The molecule has 1 aromatic carbocycles. The average Bonchev–Trinajstić information content (AvgIpc) is 2.17. The van der Waals surface area contributed by atoms with E-state index in [0.717, 1.165) is 5.19 Å². The van der Waals surface area contributed by atoms with Crippen molar-refractivity contribution in [1.29, 1.82) is 0 Å². The predicted octanol–water partition coefficient (Wildman–Crippen LogP) is 3.43. The average molecular weight is 276 g/mol. The van der Waals surface area contributed by atoms with Crippen molar-refractivity contribution in [3.05, 3.63) is 30.3 Å². The van der Waals surface area contributed by atoms with E-state index in [1.165, 1.54) is 0 Å². The van der Waals surface area contributed by atoms with Gasteiger partial charge in [-0.2, -0.15) is 0 Å². The van der Waals surface area contributed by atoms with Gasteiger partial charge in [0.25, 0.3) is 0 Å². The molecule has 1 rings (SSSR count). The van der Waals surface area contributed by atoms with Crippen molar-refractivity contribution in [2.24, 2.45) is 0 Å². The zero-order valence-corrected chi connectivity index (χ0v) is 12.8. The lowest BCUT2D eigenvalue weighted by Crippen LogP contribution is -2.59. The van der Waals surface area contributed by atoms with E-state index in [9.17, 15) is 0 Å². The smallest absolute Gasteiger partial charge is 0.292 e. The molecular formula is C12H19Cl2NSi. The Morgan fingerprint density at radius 1 is 0.938 bits per heavy atom. The Balaban J connectivity index is 3.08. The maximum absolute atomic E-state index is 6.65. The maximum atomic E-state index is 6.65. The van der Waals surface area contributed by atoms with Crippen LogP contribution in [-0.2, 0) is 0 Å². The number of hydrogen-bond donors (Lipinski definition) is 0. The third-order valence-corrected chi connectivity index (χ3v) is 7.75. The van der Waals surface area contributed by atoms with Gasteiger partial charge in [0, 0.05) is 12.1 Å². The molecule has 0 bridgehead atoms. The summed E-state index contributed by atoms with van der Waals surface area (Å²) in [5.41, 5.74) is 0. The molecule has 0 aliphatic carbocycles. The van der Waals surface area contributed by atoms with Crippen LogP contribution in [-0.4, -0.2) is 23.5 Å². The molecule has 0 aromatic heterocycles. The van der Waals surface area contributed by atoms with Crippen LogP contribution < -0.4 is 5.19 Å². The van der Waals surface area contributed by atoms with Crippen molar-refractivity contribution in [2.45, 2.75) is 39.8 Å². The summed E-state index contributed by atoms with van der Waals surface area (Å²) in [6, 6.07) is 10.7. The van der Waals surface area contributed by atoms with E-state index in [0.29, 0.717) is 12.1 Å². The van der Waals surface area contributed by atoms with Crippen molar-refractivity contribution in [1.82, 2.24) is 4.57 Å². The molecule has 0 aliphatic rings. The molecule has 0 fully saturated rings. The largest absolute Gasteiger partial charge is 0.357 e. The summed E-state index contributed by atoms with van der Waals surface area (Å²) in [5.74, 6) is 0. The van der Waals surface area contributed by atoms with Crippen LogP contribution in [0.25, 0.3) is 0 Å². The minimum Gasteiger partial charge on any atom is -0.292 e. The summed E-state index contributed by atoms with van der Waals surface area (Å²) < 4.78 is 2.23. The topological polar surface area (TPSA) is 3.24 Å². The lowest BCUT2D eigenvalue weighted by atomic mass is 10.3. The molecule has 0 heterocycles. The van der Waals surface area contributed by atoms with E-state index < -0.39 is 6.86 Å². The van der Waals surface area contributed by atoms with E-state index in [-0.39, 0.29) is 0 Å². The van der Waals surface area contributed by atoms with E-state index in [2.05, 4.69) is 32.3 Å². The summed E-state index contributed by atoms with van der Waals surface area (Å²) in [7, 11) is 0. The van der Waals surface area contributed by atoms with Gasteiger partial charge in [0.05, 0.1) is 0 Å². The third-order valence-electron chi connectivity index (χ3n) is 2.56. The van der Waals surface area contributed by atoms with Gasteiger partial charge < -0.3 is 0 Å². The van der Waals surface area contributed by atoms with Crippen LogP contribution in [0.15, 0.2) is 30.3 Å². The molecule has 16 heavy (non-hydrogen) atoms. The normalized spacial score (nSPS) is 12.8. The van der Waals surface area contributed by atoms with Gasteiger partial charge >= 0.3 is 6.86 Å². The number of halogens is 2. The number of benzene rings is 1. The van der Waals surface area contributed by atoms with Crippen molar-refractivity contribution in [3.8, 4) is 0 Å². The molecule has 0 N–H and O–H groups in total. The summed E-state index contributed by atoms with van der Waals surface area (Å²) in [6.45, 7) is 5.98. The molecule has 0 saturated carbocycles. The van der Waals surface area contributed by atoms with E-state index in [1.54, 1.807) is 0 Å². The Kier molecular flexibility index (Phi) is 4.86. The van der Waals surface area contributed by atoms with Crippen LogP contribution in [0.4, 0.5) is 0 Å². The highest BCUT2D eigenvalue weighted by molar-refractivity contribution is 7.49. The first-order valence-electron chi connectivity index (χ1n) is 5.59. The monoisotopic (exact) mass is 275 g/mol. The van der Waals surface area contributed by atoms with Gasteiger partial charge in [-0.1, -0.05) is 58.0 Å². The van der Waals surface area contributed by atoms with E-state index >= 15 is 0 Å². The highest BCUT2D eigenvalue weighted by atomic mass is 35.7. The van der Waals surface area contributed by atoms with Crippen LogP contribution in [0, 0.1) is 0 Å². The Morgan fingerprint density at radius 2 is 1.38 bits per heavy atom. The summed E-state index contributed by atoms with van der Waals surface area (Å²) in [6.07, 6.45) is 0. The molecule has 0 atom stereocenters. The Bertz CT molecular complexity index is 317. The Morgan fingerprint density at radius 3 is 1.75 bits per heavy atom. The fourth-order valence-corrected chi connectivity index (χ4v) is 7.32. The number of nitrogens with zero attached hydrogens (tertiary/aromatic N) is 1.